The van der Waals surface area contributed by atoms with Crippen LogP contribution >= 0.6 is 0 Å². The van der Waals surface area contributed by atoms with Crippen LogP contribution in [0, 0.1) is 10.1 Å². The number of pyridine rings is 1. The van der Waals surface area contributed by atoms with Crippen molar-refractivity contribution < 1.29 is 14.8 Å². The summed E-state index contributed by atoms with van der Waals surface area (Å²) >= 11 is 0. The highest BCUT2D eigenvalue weighted by molar-refractivity contribution is 5.94. The summed E-state index contributed by atoms with van der Waals surface area (Å²) in [4.78, 5) is 25.3. The van der Waals surface area contributed by atoms with E-state index in [1.807, 2.05) is 0 Å². The number of benzene rings is 1. The van der Waals surface area contributed by atoms with Gasteiger partial charge in [-0.3, -0.25) is 0 Å². The van der Waals surface area contributed by atoms with Gasteiger partial charge in [-0.05, 0) is 17.1 Å². The highest BCUT2D eigenvalue weighted by atomic mass is 16.6. The second kappa shape index (κ2) is 4.67. The number of aromatic carboxylic acids is 1. The molecule has 0 unspecified atom stereocenters. The van der Waals surface area contributed by atoms with Crippen LogP contribution in [-0.4, -0.2) is 30.8 Å². The first kappa shape index (κ1) is 12.7. The molecule has 3 rings (SSSR count). The molecule has 8 nitrogen and oxygen atoms in total. The molecule has 0 fully saturated rings. The molecule has 0 saturated heterocycles. The van der Waals surface area contributed by atoms with Crippen molar-refractivity contribution in [2.75, 3.05) is 0 Å². The van der Waals surface area contributed by atoms with E-state index in [-0.39, 0.29) is 11.5 Å². The lowest BCUT2D eigenvalue weighted by Crippen LogP contribution is -2.05. The van der Waals surface area contributed by atoms with Gasteiger partial charge in [0.25, 0.3) is 0 Å². The van der Waals surface area contributed by atoms with E-state index in [0.717, 1.165) is 0 Å². The van der Waals surface area contributed by atoms with E-state index in [9.17, 15) is 14.9 Å². The SMILES string of the molecule is O=C(O)c1cc(-n2ccc([N+](=O)[O-])n2)c2ccccc2n1. The van der Waals surface area contributed by atoms with E-state index in [0.29, 0.717) is 16.6 Å². The van der Waals surface area contributed by atoms with Gasteiger partial charge in [0.15, 0.2) is 5.69 Å². The van der Waals surface area contributed by atoms with Gasteiger partial charge in [-0.2, -0.15) is 0 Å². The third-order valence-electron chi connectivity index (χ3n) is 2.92. The van der Waals surface area contributed by atoms with Crippen LogP contribution in [-0.2, 0) is 0 Å². The number of aromatic nitrogens is 3. The average molecular weight is 284 g/mol. The van der Waals surface area contributed by atoms with Crippen molar-refractivity contribution in [3.8, 4) is 5.69 Å². The zero-order valence-electron chi connectivity index (χ0n) is 10.5. The fraction of sp³-hybridized carbons (Fsp3) is 0. The molecule has 2 aromatic heterocycles. The maximum atomic E-state index is 11.1. The number of nitro groups is 1. The van der Waals surface area contributed by atoms with Gasteiger partial charge in [0, 0.05) is 5.39 Å². The number of rotatable bonds is 3. The first-order valence-corrected chi connectivity index (χ1v) is 5.90. The molecule has 0 amide bonds. The van der Waals surface area contributed by atoms with Gasteiger partial charge < -0.3 is 15.2 Å². The van der Waals surface area contributed by atoms with Gasteiger partial charge in [0.05, 0.1) is 28.6 Å². The van der Waals surface area contributed by atoms with Gasteiger partial charge in [0.1, 0.15) is 0 Å². The largest absolute Gasteiger partial charge is 0.477 e. The van der Waals surface area contributed by atoms with Crippen LogP contribution in [0.3, 0.4) is 0 Å². The van der Waals surface area contributed by atoms with E-state index in [2.05, 4.69) is 10.1 Å². The maximum Gasteiger partial charge on any atom is 0.390 e. The van der Waals surface area contributed by atoms with Crippen molar-refractivity contribution in [1.29, 1.82) is 0 Å². The lowest BCUT2D eigenvalue weighted by molar-refractivity contribution is -0.389. The molecule has 104 valence electrons. The second-order valence-corrected chi connectivity index (χ2v) is 4.22. The fourth-order valence-corrected chi connectivity index (χ4v) is 2.00. The Morgan fingerprint density at radius 3 is 2.71 bits per heavy atom. The molecule has 21 heavy (non-hydrogen) atoms. The van der Waals surface area contributed by atoms with E-state index in [1.54, 1.807) is 24.3 Å². The number of para-hydroxylation sites is 1. The van der Waals surface area contributed by atoms with Gasteiger partial charge in [-0.1, -0.05) is 18.2 Å². The van der Waals surface area contributed by atoms with Crippen LogP contribution in [0.1, 0.15) is 10.5 Å². The Hall–Kier alpha value is -3.29. The maximum absolute atomic E-state index is 11.1. The molecule has 2 heterocycles. The van der Waals surface area contributed by atoms with Gasteiger partial charge in [0.2, 0.25) is 0 Å². The molecule has 0 spiro atoms. The standard InChI is InChI=1S/C13H8N4O4/c18-13(19)10-7-11(8-3-1-2-4-9(8)14-10)16-6-5-12(15-16)17(20)21/h1-7H,(H,18,19). The summed E-state index contributed by atoms with van der Waals surface area (Å²) < 4.78 is 1.27. The van der Waals surface area contributed by atoms with Gasteiger partial charge in [-0.15, -0.1) is 4.68 Å². The monoisotopic (exact) mass is 284 g/mol. The molecule has 0 saturated carbocycles. The Labute approximate surface area is 117 Å². The molecular weight excluding hydrogens is 276 g/mol. The highest BCUT2D eigenvalue weighted by Gasteiger charge is 2.17. The lowest BCUT2D eigenvalue weighted by Gasteiger charge is -2.05. The number of carbonyl (C=O) groups is 1. The minimum absolute atomic E-state index is 0.151. The summed E-state index contributed by atoms with van der Waals surface area (Å²) in [5, 5.41) is 24.3. The minimum Gasteiger partial charge on any atom is -0.477 e. The topological polar surface area (TPSA) is 111 Å². The first-order valence-electron chi connectivity index (χ1n) is 5.90. The number of hydrogen-bond donors (Lipinski definition) is 1. The van der Waals surface area contributed by atoms with E-state index >= 15 is 0 Å². The van der Waals surface area contributed by atoms with Crippen molar-refractivity contribution in [2.45, 2.75) is 0 Å². The Morgan fingerprint density at radius 1 is 1.29 bits per heavy atom. The lowest BCUT2D eigenvalue weighted by atomic mass is 10.1. The van der Waals surface area contributed by atoms with Crippen molar-refractivity contribution >= 4 is 22.7 Å². The van der Waals surface area contributed by atoms with Crippen LogP contribution in [0.2, 0.25) is 0 Å². The molecule has 0 aliphatic heterocycles. The molecule has 0 atom stereocenters. The summed E-state index contributed by atoms with van der Waals surface area (Å²) in [5.74, 6) is -1.49. The summed E-state index contributed by atoms with van der Waals surface area (Å²) in [6.07, 6.45) is 1.41. The smallest absolute Gasteiger partial charge is 0.390 e. The molecule has 8 heteroatoms. The van der Waals surface area contributed by atoms with Crippen molar-refractivity contribution in [1.82, 2.24) is 14.8 Å². The van der Waals surface area contributed by atoms with Crippen molar-refractivity contribution in [2.24, 2.45) is 0 Å². The van der Waals surface area contributed by atoms with Crippen LogP contribution in [0.15, 0.2) is 42.6 Å². The second-order valence-electron chi connectivity index (χ2n) is 4.22. The number of fused-ring (bicyclic) bond motifs is 1. The van der Waals surface area contributed by atoms with Crippen LogP contribution in [0.5, 0.6) is 0 Å². The Balaban J connectivity index is 2.28. The van der Waals surface area contributed by atoms with Crippen LogP contribution in [0.25, 0.3) is 16.6 Å². The van der Waals surface area contributed by atoms with Crippen molar-refractivity contribution in [3.63, 3.8) is 0 Å². The molecule has 1 N–H and O–H groups in total. The summed E-state index contributed by atoms with van der Waals surface area (Å²) in [5.41, 5.74) is 0.749. The van der Waals surface area contributed by atoms with Crippen LogP contribution < -0.4 is 0 Å². The molecule has 0 radical (unpaired) electrons. The average Bonchev–Trinajstić information content (AvgIpc) is 2.96. The summed E-state index contributed by atoms with van der Waals surface area (Å²) in [6.45, 7) is 0. The predicted molar refractivity (Wildman–Crippen MR) is 72.5 cm³/mol. The van der Waals surface area contributed by atoms with E-state index in [4.69, 9.17) is 5.11 Å². The van der Waals surface area contributed by atoms with Crippen LogP contribution in [0.4, 0.5) is 5.82 Å². The zero-order valence-corrected chi connectivity index (χ0v) is 10.5. The molecule has 0 bridgehead atoms. The molecule has 3 aromatic rings. The third kappa shape index (κ3) is 2.18. The number of carboxylic acid groups (broad SMARTS) is 1. The highest BCUT2D eigenvalue weighted by Crippen LogP contribution is 2.22. The quantitative estimate of drug-likeness (QED) is 0.581. The van der Waals surface area contributed by atoms with E-state index < -0.39 is 10.9 Å². The third-order valence-corrected chi connectivity index (χ3v) is 2.92. The molecular formula is C13H8N4O4. The summed E-state index contributed by atoms with van der Waals surface area (Å²) in [7, 11) is 0. The van der Waals surface area contributed by atoms with Crippen molar-refractivity contribution in [3.05, 3.63) is 58.4 Å². The molecule has 1 aromatic carbocycles. The number of nitrogens with zero attached hydrogens (tertiary/aromatic N) is 4. The number of carboxylic acids is 1. The zero-order chi connectivity index (χ0) is 15.0. The normalized spacial score (nSPS) is 10.7. The Kier molecular flexibility index (Phi) is 2.83. The molecule has 0 aliphatic rings. The van der Waals surface area contributed by atoms with E-state index in [1.165, 1.54) is 23.0 Å². The minimum atomic E-state index is -1.18. The van der Waals surface area contributed by atoms with Gasteiger partial charge >= 0.3 is 11.8 Å². The fourth-order valence-electron chi connectivity index (χ4n) is 2.00. The molecule has 0 aliphatic carbocycles. The first-order chi connectivity index (χ1) is 10.1. The number of hydrogen-bond acceptors (Lipinski definition) is 5. The Bertz CT molecular complexity index is 871. The Morgan fingerprint density at radius 2 is 2.05 bits per heavy atom. The predicted octanol–water partition coefficient (Wildman–Crippen LogP) is 2.03. The summed E-state index contributed by atoms with van der Waals surface area (Å²) in [6, 6.07) is 9.50. The van der Waals surface area contributed by atoms with Gasteiger partial charge in [-0.25, -0.2) is 9.78 Å².